The van der Waals surface area contributed by atoms with Gasteiger partial charge in [-0.2, -0.15) is 0 Å². The Hall–Kier alpha value is -1.23. The first-order valence-corrected chi connectivity index (χ1v) is 7.76. The van der Waals surface area contributed by atoms with Crippen LogP contribution in [0.4, 0.5) is 0 Å². The summed E-state index contributed by atoms with van der Waals surface area (Å²) >= 11 is 12.1. The molecule has 0 fully saturated rings. The smallest absolute Gasteiger partial charge is 0.180 e. The van der Waals surface area contributed by atoms with Gasteiger partial charge in [-0.25, -0.2) is 15.0 Å². The maximum absolute atomic E-state index is 6.21. The normalized spacial score (nSPS) is 10.9. The van der Waals surface area contributed by atoms with Crippen molar-refractivity contribution < 1.29 is 0 Å². The first-order valence-electron chi connectivity index (χ1n) is 7.00. The van der Waals surface area contributed by atoms with Gasteiger partial charge in [0.2, 0.25) is 0 Å². The van der Waals surface area contributed by atoms with Crippen LogP contribution in [0.1, 0.15) is 30.8 Å². The minimum absolute atomic E-state index is 0.457. The zero-order chi connectivity index (χ0) is 15.4. The van der Waals surface area contributed by atoms with Crippen LogP contribution in [0.25, 0.3) is 11.5 Å². The van der Waals surface area contributed by atoms with Gasteiger partial charge in [0.15, 0.2) is 5.82 Å². The Balaban J connectivity index is 2.59. The fourth-order valence-corrected chi connectivity index (χ4v) is 2.75. The Morgan fingerprint density at radius 3 is 2.19 bits per heavy atom. The Bertz CT molecular complexity index is 619. The zero-order valence-corrected chi connectivity index (χ0v) is 13.7. The van der Waals surface area contributed by atoms with Gasteiger partial charge in [-0.15, -0.1) is 0 Å². The van der Waals surface area contributed by atoms with Crippen molar-refractivity contribution in [3.05, 3.63) is 39.3 Å². The van der Waals surface area contributed by atoms with Gasteiger partial charge in [0.25, 0.3) is 0 Å². The molecular formula is C15H18Cl2N4. The summed E-state index contributed by atoms with van der Waals surface area (Å²) in [5.74, 6) is 0.547. The van der Waals surface area contributed by atoms with Crippen LogP contribution in [-0.4, -0.2) is 21.5 Å². The van der Waals surface area contributed by atoms with Crippen molar-refractivity contribution in [3.63, 3.8) is 0 Å². The second-order valence-electron chi connectivity index (χ2n) is 4.65. The number of halogens is 2. The standard InChI is InChI=1S/C15H18Cl2N4/c1-3-12-10(5-6-18)13(4-2)21-15(20-12)14-11(17)7-9(16)8-19-14/h7-8H,3-6,18H2,1-2H3. The largest absolute Gasteiger partial charge is 0.330 e. The van der Waals surface area contributed by atoms with Crippen LogP contribution in [0.15, 0.2) is 12.3 Å². The monoisotopic (exact) mass is 324 g/mol. The van der Waals surface area contributed by atoms with Crippen LogP contribution >= 0.6 is 23.2 Å². The lowest BCUT2D eigenvalue weighted by atomic mass is 10.0. The van der Waals surface area contributed by atoms with Crippen molar-refractivity contribution in [2.75, 3.05) is 6.54 Å². The van der Waals surface area contributed by atoms with E-state index in [2.05, 4.69) is 28.8 Å². The lowest BCUT2D eigenvalue weighted by Crippen LogP contribution is -2.12. The van der Waals surface area contributed by atoms with E-state index in [4.69, 9.17) is 28.9 Å². The molecule has 0 aromatic carbocycles. The van der Waals surface area contributed by atoms with E-state index in [9.17, 15) is 0 Å². The van der Waals surface area contributed by atoms with Gasteiger partial charge in [0, 0.05) is 17.6 Å². The summed E-state index contributed by atoms with van der Waals surface area (Å²) in [4.78, 5) is 13.5. The van der Waals surface area contributed by atoms with E-state index in [1.54, 1.807) is 12.3 Å². The van der Waals surface area contributed by atoms with Crippen molar-refractivity contribution >= 4 is 23.2 Å². The molecule has 4 nitrogen and oxygen atoms in total. The summed E-state index contributed by atoms with van der Waals surface area (Å²) in [6.45, 7) is 4.73. The van der Waals surface area contributed by atoms with Crippen molar-refractivity contribution in [2.45, 2.75) is 33.1 Å². The lowest BCUT2D eigenvalue weighted by molar-refractivity contribution is 0.843. The molecule has 2 heterocycles. The second-order valence-corrected chi connectivity index (χ2v) is 5.49. The van der Waals surface area contributed by atoms with E-state index in [1.165, 1.54) is 0 Å². The number of hydrogen-bond donors (Lipinski definition) is 1. The minimum atomic E-state index is 0.457. The average Bonchev–Trinajstić information content (AvgIpc) is 2.47. The van der Waals surface area contributed by atoms with E-state index in [-0.39, 0.29) is 0 Å². The number of rotatable bonds is 5. The SMILES string of the molecule is CCc1nc(-c2ncc(Cl)cc2Cl)nc(CC)c1CCN. The van der Waals surface area contributed by atoms with Crippen LogP contribution < -0.4 is 5.73 Å². The van der Waals surface area contributed by atoms with Crippen LogP contribution in [-0.2, 0) is 19.3 Å². The van der Waals surface area contributed by atoms with Crippen LogP contribution in [0, 0.1) is 0 Å². The summed E-state index contributed by atoms with van der Waals surface area (Å²) in [5, 5.41) is 0.952. The highest BCUT2D eigenvalue weighted by atomic mass is 35.5. The molecule has 0 saturated heterocycles. The molecule has 0 bridgehead atoms. The number of hydrogen-bond acceptors (Lipinski definition) is 4. The van der Waals surface area contributed by atoms with E-state index in [0.717, 1.165) is 36.2 Å². The maximum atomic E-state index is 6.21. The Labute approximate surface area is 134 Å². The molecule has 0 aliphatic rings. The summed E-state index contributed by atoms with van der Waals surface area (Å²) < 4.78 is 0. The molecule has 0 atom stereocenters. The summed E-state index contributed by atoms with van der Waals surface area (Å²) in [5.41, 5.74) is 9.42. The molecule has 2 N–H and O–H groups in total. The summed E-state index contributed by atoms with van der Waals surface area (Å²) in [7, 11) is 0. The molecule has 0 spiro atoms. The van der Waals surface area contributed by atoms with Crippen LogP contribution in [0.3, 0.4) is 0 Å². The van der Waals surface area contributed by atoms with Crippen molar-refractivity contribution in [2.24, 2.45) is 5.73 Å². The van der Waals surface area contributed by atoms with Gasteiger partial charge < -0.3 is 5.73 Å². The van der Waals surface area contributed by atoms with Gasteiger partial charge in [0.1, 0.15) is 5.69 Å². The predicted octanol–water partition coefficient (Wildman–Crippen LogP) is 3.47. The van der Waals surface area contributed by atoms with Crippen molar-refractivity contribution in [3.8, 4) is 11.5 Å². The first kappa shape index (κ1) is 16.1. The lowest BCUT2D eigenvalue weighted by Gasteiger charge is -2.13. The van der Waals surface area contributed by atoms with E-state index >= 15 is 0 Å². The molecule has 2 rings (SSSR count). The number of nitrogens with two attached hydrogens (primary N) is 1. The zero-order valence-electron chi connectivity index (χ0n) is 12.2. The fraction of sp³-hybridized carbons (Fsp3) is 0.400. The van der Waals surface area contributed by atoms with Gasteiger partial charge in [0.05, 0.1) is 10.0 Å². The summed E-state index contributed by atoms with van der Waals surface area (Å²) in [6.07, 6.45) is 3.98. The highest BCUT2D eigenvalue weighted by Crippen LogP contribution is 2.27. The Morgan fingerprint density at radius 2 is 1.71 bits per heavy atom. The third-order valence-electron chi connectivity index (χ3n) is 3.26. The van der Waals surface area contributed by atoms with Gasteiger partial charge in [-0.1, -0.05) is 37.0 Å². The molecule has 0 amide bonds. The summed E-state index contributed by atoms with van der Waals surface area (Å²) in [6, 6.07) is 1.65. The topological polar surface area (TPSA) is 64.7 Å². The van der Waals surface area contributed by atoms with E-state index < -0.39 is 0 Å². The number of aromatic nitrogens is 3. The molecule has 0 radical (unpaired) electrons. The molecular weight excluding hydrogens is 307 g/mol. The number of nitrogens with zero attached hydrogens (tertiary/aromatic N) is 3. The van der Waals surface area contributed by atoms with E-state index in [0.29, 0.717) is 28.1 Å². The first-order chi connectivity index (χ1) is 10.1. The van der Waals surface area contributed by atoms with Crippen LogP contribution in [0.2, 0.25) is 10.0 Å². The molecule has 21 heavy (non-hydrogen) atoms. The number of aryl methyl sites for hydroxylation is 2. The van der Waals surface area contributed by atoms with Gasteiger partial charge in [-0.05, 0) is 37.4 Å². The molecule has 0 aliphatic heterocycles. The molecule has 2 aromatic rings. The number of pyridine rings is 1. The molecule has 6 heteroatoms. The highest BCUT2D eigenvalue weighted by molar-refractivity contribution is 6.35. The van der Waals surface area contributed by atoms with Gasteiger partial charge >= 0.3 is 0 Å². The quantitative estimate of drug-likeness (QED) is 0.914. The molecule has 2 aromatic heterocycles. The van der Waals surface area contributed by atoms with Gasteiger partial charge in [-0.3, -0.25) is 0 Å². The van der Waals surface area contributed by atoms with E-state index in [1.807, 2.05) is 0 Å². The van der Waals surface area contributed by atoms with Crippen molar-refractivity contribution in [1.82, 2.24) is 15.0 Å². The molecule has 112 valence electrons. The van der Waals surface area contributed by atoms with Crippen molar-refractivity contribution in [1.29, 1.82) is 0 Å². The average molecular weight is 325 g/mol. The highest BCUT2D eigenvalue weighted by Gasteiger charge is 2.15. The Kier molecular flexibility index (Phi) is 5.51. The Morgan fingerprint density at radius 1 is 1.10 bits per heavy atom. The molecule has 0 unspecified atom stereocenters. The minimum Gasteiger partial charge on any atom is -0.330 e. The predicted molar refractivity (Wildman–Crippen MR) is 86.8 cm³/mol. The second kappa shape index (κ2) is 7.16. The third kappa shape index (κ3) is 3.51. The molecule has 0 saturated carbocycles. The van der Waals surface area contributed by atoms with Crippen LogP contribution in [0.5, 0.6) is 0 Å². The molecule has 0 aliphatic carbocycles. The fourth-order valence-electron chi connectivity index (χ4n) is 2.29. The maximum Gasteiger partial charge on any atom is 0.180 e. The third-order valence-corrected chi connectivity index (χ3v) is 3.76.